The Labute approximate surface area is 172 Å². The number of anilines is 1. The van der Waals surface area contributed by atoms with Crippen LogP contribution in [0.1, 0.15) is 0 Å². The van der Waals surface area contributed by atoms with Crippen molar-refractivity contribution in [3.05, 3.63) is 115 Å². The standard InChI is InChI=1S/C24H21NP.BrH/c25-23-18-10-11-19-24(23)26(20-12-4-1-5-13-20,21-14-6-2-7-15-21)22-16-8-3-9-17-22;/h1-19H,25H2;1H/q+1;/p-1. The average molecular weight is 434 g/mol. The van der Waals surface area contributed by atoms with Gasteiger partial charge >= 0.3 is 0 Å². The minimum atomic E-state index is -2.07. The van der Waals surface area contributed by atoms with E-state index in [2.05, 4.69) is 103 Å². The van der Waals surface area contributed by atoms with Gasteiger partial charge in [0.05, 0.1) is 5.69 Å². The first-order valence-corrected chi connectivity index (χ1v) is 10.5. The van der Waals surface area contributed by atoms with Crippen LogP contribution in [0, 0.1) is 0 Å². The molecule has 0 aromatic heterocycles. The van der Waals surface area contributed by atoms with E-state index >= 15 is 0 Å². The Morgan fingerprint density at radius 2 is 0.778 bits per heavy atom. The number of nitrogen functional groups attached to an aromatic ring is 1. The van der Waals surface area contributed by atoms with E-state index in [9.17, 15) is 0 Å². The third-order valence-electron chi connectivity index (χ3n) is 4.73. The minimum absolute atomic E-state index is 0. The van der Waals surface area contributed by atoms with Crippen LogP contribution in [-0.4, -0.2) is 0 Å². The van der Waals surface area contributed by atoms with E-state index in [1.54, 1.807) is 0 Å². The second kappa shape index (κ2) is 8.52. The van der Waals surface area contributed by atoms with Gasteiger partial charge in [0.25, 0.3) is 0 Å². The summed E-state index contributed by atoms with van der Waals surface area (Å²) in [6, 6.07) is 40.7. The largest absolute Gasteiger partial charge is 1.00 e. The smallest absolute Gasteiger partial charge is 0.146 e. The number of halogens is 1. The number of para-hydroxylation sites is 1. The van der Waals surface area contributed by atoms with Gasteiger partial charge in [0, 0.05) is 0 Å². The minimum Gasteiger partial charge on any atom is -1.00 e. The molecule has 134 valence electrons. The number of nitrogens with two attached hydrogens (primary N) is 1. The van der Waals surface area contributed by atoms with Crippen molar-refractivity contribution in [1.29, 1.82) is 0 Å². The van der Waals surface area contributed by atoms with Crippen LogP contribution < -0.4 is 43.9 Å². The lowest BCUT2D eigenvalue weighted by Crippen LogP contribution is -3.00. The van der Waals surface area contributed by atoms with Crippen LogP contribution in [0.3, 0.4) is 0 Å². The number of hydrogen-bond donors (Lipinski definition) is 1. The Morgan fingerprint density at radius 3 is 1.15 bits per heavy atom. The molecule has 4 rings (SSSR count). The number of rotatable bonds is 4. The maximum absolute atomic E-state index is 6.55. The Morgan fingerprint density at radius 1 is 0.444 bits per heavy atom. The topological polar surface area (TPSA) is 26.0 Å². The van der Waals surface area contributed by atoms with Gasteiger partial charge in [-0.25, -0.2) is 0 Å². The molecule has 1 nitrogen and oxygen atoms in total. The zero-order chi connectivity index (χ0) is 17.8. The third kappa shape index (κ3) is 3.43. The Hall–Kier alpha value is -2.41. The van der Waals surface area contributed by atoms with Gasteiger partial charge in [-0.1, -0.05) is 66.7 Å². The van der Waals surface area contributed by atoms with Crippen LogP contribution >= 0.6 is 7.26 Å². The van der Waals surface area contributed by atoms with Crippen LogP contribution in [0.15, 0.2) is 115 Å². The summed E-state index contributed by atoms with van der Waals surface area (Å²) in [5.41, 5.74) is 7.39. The lowest BCUT2D eigenvalue weighted by molar-refractivity contribution is -0.00000497. The van der Waals surface area contributed by atoms with E-state index in [0.717, 1.165) is 5.69 Å². The maximum Gasteiger partial charge on any atom is 0.146 e. The molecule has 0 heterocycles. The molecule has 0 unspecified atom stereocenters. The Kier molecular flexibility index (Phi) is 6.11. The van der Waals surface area contributed by atoms with Crippen LogP contribution in [0.4, 0.5) is 5.69 Å². The molecule has 0 aliphatic heterocycles. The van der Waals surface area contributed by atoms with Crippen molar-refractivity contribution < 1.29 is 17.0 Å². The zero-order valence-electron chi connectivity index (χ0n) is 14.9. The summed E-state index contributed by atoms with van der Waals surface area (Å²) in [5, 5.41) is 5.16. The van der Waals surface area contributed by atoms with Crippen molar-refractivity contribution >= 4 is 34.2 Å². The molecule has 0 spiro atoms. The molecule has 27 heavy (non-hydrogen) atoms. The molecule has 0 aliphatic rings. The summed E-state index contributed by atoms with van der Waals surface area (Å²) in [6.07, 6.45) is 0. The third-order valence-corrected chi connectivity index (χ3v) is 9.08. The maximum atomic E-state index is 6.55. The highest BCUT2D eigenvalue weighted by molar-refractivity contribution is 8.01. The molecule has 3 heteroatoms. The van der Waals surface area contributed by atoms with Gasteiger partial charge in [-0.15, -0.1) is 0 Å². The second-order valence-corrected chi connectivity index (χ2v) is 9.61. The molecular formula is C24H21BrNP. The summed E-state index contributed by atoms with van der Waals surface area (Å²) in [6.45, 7) is 0. The van der Waals surface area contributed by atoms with Crippen molar-refractivity contribution in [3.8, 4) is 0 Å². The van der Waals surface area contributed by atoms with E-state index in [-0.39, 0.29) is 17.0 Å². The highest BCUT2D eigenvalue weighted by Gasteiger charge is 2.48. The highest BCUT2D eigenvalue weighted by atomic mass is 79.9. The SMILES string of the molecule is Nc1ccccc1[P+](c1ccccc1)(c1ccccc1)c1ccccc1.[Br-]. The van der Waals surface area contributed by atoms with Gasteiger partial charge in [-0.05, 0) is 48.5 Å². The molecular weight excluding hydrogens is 413 g/mol. The molecule has 0 fully saturated rings. The normalized spacial score (nSPS) is 10.8. The molecule has 2 N–H and O–H groups in total. The van der Waals surface area contributed by atoms with E-state index in [1.807, 2.05) is 12.1 Å². The first-order chi connectivity index (χ1) is 12.8. The molecule has 0 atom stereocenters. The first-order valence-electron chi connectivity index (χ1n) is 8.74. The summed E-state index contributed by atoms with van der Waals surface area (Å²) in [7, 11) is -2.07. The van der Waals surface area contributed by atoms with E-state index in [4.69, 9.17) is 5.73 Å². The van der Waals surface area contributed by atoms with E-state index in [0.29, 0.717) is 0 Å². The molecule has 0 radical (unpaired) electrons. The molecule has 0 aliphatic carbocycles. The monoisotopic (exact) mass is 433 g/mol. The molecule has 4 aromatic carbocycles. The summed E-state index contributed by atoms with van der Waals surface area (Å²) in [4.78, 5) is 0. The average Bonchev–Trinajstić information content (AvgIpc) is 2.72. The number of benzene rings is 4. The highest BCUT2D eigenvalue weighted by Crippen LogP contribution is 2.55. The van der Waals surface area contributed by atoms with Gasteiger partial charge in [0.2, 0.25) is 0 Å². The molecule has 4 aromatic rings. The van der Waals surface area contributed by atoms with Crippen LogP contribution in [-0.2, 0) is 0 Å². The van der Waals surface area contributed by atoms with Gasteiger partial charge in [-0.2, -0.15) is 0 Å². The van der Waals surface area contributed by atoms with Gasteiger partial charge in [-0.3, -0.25) is 0 Å². The lowest BCUT2D eigenvalue weighted by atomic mass is 10.3. The van der Waals surface area contributed by atoms with Crippen molar-refractivity contribution in [3.63, 3.8) is 0 Å². The fraction of sp³-hybridized carbons (Fsp3) is 0. The predicted molar refractivity (Wildman–Crippen MR) is 116 cm³/mol. The lowest BCUT2D eigenvalue weighted by Gasteiger charge is -2.28. The molecule has 0 bridgehead atoms. The fourth-order valence-electron chi connectivity index (χ4n) is 3.61. The van der Waals surface area contributed by atoms with Crippen molar-refractivity contribution in [2.75, 3.05) is 5.73 Å². The second-order valence-electron chi connectivity index (χ2n) is 6.24. The van der Waals surface area contributed by atoms with Gasteiger partial charge < -0.3 is 22.7 Å². The number of hydrogen-bond acceptors (Lipinski definition) is 1. The van der Waals surface area contributed by atoms with E-state index in [1.165, 1.54) is 21.2 Å². The fourth-order valence-corrected chi connectivity index (χ4v) is 7.97. The van der Waals surface area contributed by atoms with Crippen molar-refractivity contribution in [2.45, 2.75) is 0 Å². The Balaban J connectivity index is 0.00000210. The van der Waals surface area contributed by atoms with Crippen LogP contribution in [0.2, 0.25) is 0 Å². The Bertz CT molecular complexity index is 892. The predicted octanol–water partition coefficient (Wildman–Crippen LogP) is 0.892. The quantitative estimate of drug-likeness (QED) is 0.375. The molecule has 0 amide bonds. The van der Waals surface area contributed by atoms with Gasteiger partial charge in [0.15, 0.2) is 0 Å². The van der Waals surface area contributed by atoms with Gasteiger partial charge in [0.1, 0.15) is 28.5 Å². The molecule has 0 saturated heterocycles. The summed E-state index contributed by atoms with van der Waals surface area (Å²) >= 11 is 0. The van der Waals surface area contributed by atoms with E-state index < -0.39 is 7.26 Å². The summed E-state index contributed by atoms with van der Waals surface area (Å²) < 4.78 is 0. The van der Waals surface area contributed by atoms with Crippen molar-refractivity contribution in [2.24, 2.45) is 0 Å². The van der Waals surface area contributed by atoms with Crippen molar-refractivity contribution in [1.82, 2.24) is 0 Å². The molecule has 0 saturated carbocycles. The first kappa shape index (κ1) is 19.4. The van der Waals surface area contributed by atoms with Crippen LogP contribution in [0.5, 0.6) is 0 Å². The zero-order valence-corrected chi connectivity index (χ0v) is 17.4. The van der Waals surface area contributed by atoms with Crippen LogP contribution in [0.25, 0.3) is 0 Å². The summed E-state index contributed by atoms with van der Waals surface area (Å²) in [5.74, 6) is 0.